The van der Waals surface area contributed by atoms with Gasteiger partial charge in [0.1, 0.15) is 0 Å². The van der Waals surface area contributed by atoms with Gasteiger partial charge in [-0.2, -0.15) is 9.50 Å². The fourth-order valence-corrected chi connectivity index (χ4v) is 2.69. The lowest BCUT2D eigenvalue weighted by atomic mass is 10.1. The molecule has 7 heteroatoms. The molecule has 2 aromatic heterocycles. The van der Waals surface area contributed by atoms with Gasteiger partial charge in [0.25, 0.3) is 11.5 Å². The van der Waals surface area contributed by atoms with Gasteiger partial charge in [-0.3, -0.25) is 10.1 Å². The predicted molar refractivity (Wildman–Crippen MR) is 92.1 cm³/mol. The van der Waals surface area contributed by atoms with Gasteiger partial charge >= 0.3 is 0 Å². The monoisotopic (exact) mass is 331 g/mol. The van der Waals surface area contributed by atoms with Crippen LogP contribution >= 0.6 is 0 Å². The van der Waals surface area contributed by atoms with Crippen molar-refractivity contribution in [3.63, 3.8) is 0 Å². The van der Waals surface area contributed by atoms with E-state index in [1.807, 2.05) is 30.3 Å². The third kappa shape index (κ3) is 2.94. The largest absolute Gasteiger partial charge is 0.270 e. The van der Waals surface area contributed by atoms with E-state index in [1.54, 1.807) is 28.9 Å². The van der Waals surface area contributed by atoms with Gasteiger partial charge < -0.3 is 0 Å². The minimum atomic E-state index is -0.413. The lowest BCUT2D eigenvalue weighted by molar-refractivity contribution is -0.384. The Morgan fingerprint density at radius 1 is 1.04 bits per heavy atom. The van der Waals surface area contributed by atoms with E-state index in [0.29, 0.717) is 29.3 Å². The number of fused-ring (bicyclic) bond motifs is 1. The number of nitro groups is 1. The van der Waals surface area contributed by atoms with Gasteiger partial charge in [0.05, 0.1) is 10.6 Å². The zero-order valence-corrected chi connectivity index (χ0v) is 13.1. The molecule has 0 aliphatic heterocycles. The minimum Gasteiger partial charge on any atom is -0.258 e. The molecule has 0 amide bonds. The third-order valence-corrected chi connectivity index (χ3v) is 3.84. The van der Waals surface area contributed by atoms with Crippen LogP contribution in [-0.4, -0.2) is 24.5 Å². The molecular weight excluding hydrogens is 318 g/mol. The van der Waals surface area contributed by atoms with Crippen LogP contribution in [0, 0.1) is 10.1 Å². The molecule has 0 aliphatic carbocycles. The standard InChI is InChI=1S/C18H13N5O2/c24-23(25)15-8-4-7-14(12-15)16-9-10-19-18-20-17(21-22(16)18)11-13-5-2-1-3-6-13/h1-10,12H,11H2. The van der Waals surface area contributed by atoms with Crippen LogP contribution in [0.1, 0.15) is 11.4 Å². The van der Waals surface area contributed by atoms with Crippen molar-refractivity contribution in [1.29, 1.82) is 0 Å². The molecule has 0 spiro atoms. The highest BCUT2D eigenvalue weighted by Crippen LogP contribution is 2.23. The second kappa shape index (κ2) is 6.12. The Morgan fingerprint density at radius 3 is 2.68 bits per heavy atom. The highest BCUT2D eigenvalue weighted by atomic mass is 16.6. The van der Waals surface area contributed by atoms with Crippen LogP contribution in [0.4, 0.5) is 5.69 Å². The molecule has 0 saturated heterocycles. The Kier molecular flexibility index (Phi) is 3.66. The molecular formula is C18H13N5O2. The number of non-ortho nitro benzene ring substituents is 1. The van der Waals surface area contributed by atoms with E-state index in [-0.39, 0.29) is 5.69 Å². The quantitative estimate of drug-likeness (QED) is 0.423. The molecule has 25 heavy (non-hydrogen) atoms. The first-order chi connectivity index (χ1) is 12.2. The van der Waals surface area contributed by atoms with E-state index in [4.69, 9.17) is 0 Å². The highest BCUT2D eigenvalue weighted by molar-refractivity contribution is 5.64. The van der Waals surface area contributed by atoms with Crippen molar-refractivity contribution in [2.45, 2.75) is 6.42 Å². The predicted octanol–water partition coefficient (Wildman–Crippen LogP) is 3.29. The Hall–Kier alpha value is -3.61. The molecule has 2 aromatic carbocycles. The number of benzene rings is 2. The third-order valence-electron chi connectivity index (χ3n) is 3.84. The Morgan fingerprint density at radius 2 is 1.88 bits per heavy atom. The van der Waals surface area contributed by atoms with Gasteiger partial charge in [0.15, 0.2) is 5.82 Å². The van der Waals surface area contributed by atoms with Crippen molar-refractivity contribution >= 4 is 11.5 Å². The Labute approximate surface area is 142 Å². The molecule has 4 rings (SSSR count). The van der Waals surface area contributed by atoms with Gasteiger partial charge in [0, 0.05) is 30.3 Å². The van der Waals surface area contributed by atoms with Crippen LogP contribution in [-0.2, 0) is 6.42 Å². The molecule has 122 valence electrons. The van der Waals surface area contributed by atoms with Crippen LogP contribution in [0.2, 0.25) is 0 Å². The fraction of sp³-hybridized carbons (Fsp3) is 0.0556. The lowest BCUT2D eigenvalue weighted by Crippen LogP contribution is -1.97. The Balaban J connectivity index is 1.78. The molecule has 4 aromatic rings. The van der Waals surface area contributed by atoms with Crippen molar-refractivity contribution in [2.75, 3.05) is 0 Å². The molecule has 0 saturated carbocycles. The summed E-state index contributed by atoms with van der Waals surface area (Å²) < 4.78 is 1.62. The molecule has 0 unspecified atom stereocenters. The van der Waals surface area contributed by atoms with Crippen molar-refractivity contribution in [2.24, 2.45) is 0 Å². The number of hydrogen-bond acceptors (Lipinski definition) is 5. The number of nitrogens with zero attached hydrogens (tertiary/aromatic N) is 5. The molecule has 0 atom stereocenters. The summed E-state index contributed by atoms with van der Waals surface area (Å²) in [5.74, 6) is 1.12. The summed E-state index contributed by atoms with van der Waals surface area (Å²) in [5, 5.41) is 15.5. The van der Waals surface area contributed by atoms with Crippen molar-refractivity contribution in [3.8, 4) is 11.3 Å². The van der Waals surface area contributed by atoms with Crippen molar-refractivity contribution in [1.82, 2.24) is 19.6 Å². The maximum Gasteiger partial charge on any atom is 0.270 e. The Bertz CT molecular complexity index is 1060. The van der Waals surface area contributed by atoms with Crippen molar-refractivity contribution in [3.05, 3.63) is 88.4 Å². The zero-order valence-electron chi connectivity index (χ0n) is 13.1. The second-order valence-electron chi connectivity index (χ2n) is 5.54. The first kappa shape index (κ1) is 14.9. The summed E-state index contributed by atoms with van der Waals surface area (Å²) in [6.07, 6.45) is 2.23. The van der Waals surface area contributed by atoms with Gasteiger partial charge in [-0.05, 0) is 11.6 Å². The SMILES string of the molecule is O=[N+]([O-])c1cccc(-c2ccnc3nc(Cc4ccccc4)nn23)c1. The summed E-state index contributed by atoms with van der Waals surface area (Å²) in [7, 11) is 0. The van der Waals surface area contributed by atoms with Gasteiger partial charge in [0.2, 0.25) is 0 Å². The smallest absolute Gasteiger partial charge is 0.258 e. The topological polar surface area (TPSA) is 86.2 Å². The van der Waals surface area contributed by atoms with Gasteiger partial charge in [-0.1, -0.05) is 42.5 Å². The zero-order chi connectivity index (χ0) is 17.2. The number of nitro benzene ring substituents is 1. The van der Waals surface area contributed by atoms with E-state index in [9.17, 15) is 10.1 Å². The normalized spacial score (nSPS) is 10.9. The van der Waals surface area contributed by atoms with E-state index in [0.717, 1.165) is 5.56 Å². The van der Waals surface area contributed by atoms with Crippen LogP contribution in [0.3, 0.4) is 0 Å². The van der Waals surface area contributed by atoms with Crippen molar-refractivity contribution < 1.29 is 4.92 Å². The lowest BCUT2D eigenvalue weighted by Gasteiger charge is -2.03. The van der Waals surface area contributed by atoms with Crippen LogP contribution < -0.4 is 0 Å². The molecule has 0 N–H and O–H groups in total. The summed E-state index contributed by atoms with van der Waals surface area (Å²) in [6.45, 7) is 0. The number of rotatable bonds is 4. The number of hydrogen-bond donors (Lipinski definition) is 0. The maximum absolute atomic E-state index is 11.0. The molecule has 0 fully saturated rings. The van der Waals surface area contributed by atoms with E-state index >= 15 is 0 Å². The molecule has 2 heterocycles. The highest BCUT2D eigenvalue weighted by Gasteiger charge is 2.13. The molecule has 0 radical (unpaired) electrons. The average molecular weight is 331 g/mol. The van der Waals surface area contributed by atoms with Gasteiger partial charge in [-0.15, -0.1) is 5.10 Å². The molecule has 7 nitrogen and oxygen atoms in total. The van der Waals surface area contributed by atoms with E-state index in [1.165, 1.54) is 12.1 Å². The first-order valence-electron chi connectivity index (χ1n) is 7.70. The summed E-state index contributed by atoms with van der Waals surface area (Å²) in [6, 6.07) is 18.1. The summed E-state index contributed by atoms with van der Waals surface area (Å²) in [4.78, 5) is 19.3. The van der Waals surface area contributed by atoms with Gasteiger partial charge in [-0.25, -0.2) is 4.98 Å². The van der Waals surface area contributed by atoms with E-state index in [2.05, 4.69) is 15.1 Å². The summed E-state index contributed by atoms with van der Waals surface area (Å²) >= 11 is 0. The van der Waals surface area contributed by atoms with Crippen LogP contribution in [0.25, 0.3) is 17.0 Å². The van der Waals surface area contributed by atoms with Crippen LogP contribution in [0.15, 0.2) is 66.9 Å². The van der Waals surface area contributed by atoms with Crippen LogP contribution in [0.5, 0.6) is 0 Å². The second-order valence-corrected chi connectivity index (χ2v) is 5.54. The number of aromatic nitrogens is 4. The fourth-order valence-electron chi connectivity index (χ4n) is 2.69. The first-order valence-corrected chi connectivity index (χ1v) is 7.70. The maximum atomic E-state index is 11.0. The molecule has 0 bridgehead atoms. The minimum absolute atomic E-state index is 0.0343. The van der Waals surface area contributed by atoms with E-state index < -0.39 is 4.92 Å². The average Bonchev–Trinajstić information content (AvgIpc) is 3.05. The summed E-state index contributed by atoms with van der Waals surface area (Å²) in [5.41, 5.74) is 2.54. The molecule has 0 aliphatic rings.